The standard InChI is InChI=1S/C15H20FN3O/c1-15(2,3)19-14(20)4-5-18-10-12-6-11(9-17)7-13(16)8-12/h6-8,18H,4-5,10H2,1-3H3,(H,19,20). The van der Waals surface area contributed by atoms with E-state index in [1.165, 1.54) is 12.1 Å². The number of halogens is 1. The topological polar surface area (TPSA) is 64.9 Å². The second-order valence-corrected chi connectivity index (χ2v) is 5.68. The van der Waals surface area contributed by atoms with Gasteiger partial charge in [-0.25, -0.2) is 4.39 Å². The van der Waals surface area contributed by atoms with E-state index >= 15 is 0 Å². The Labute approximate surface area is 119 Å². The third kappa shape index (κ3) is 6.30. The Bertz CT molecular complexity index is 515. The average Bonchev–Trinajstić information content (AvgIpc) is 2.32. The summed E-state index contributed by atoms with van der Waals surface area (Å²) in [5, 5.41) is 14.7. The Morgan fingerprint density at radius 2 is 2.05 bits per heavy atom. The van der Waals surface area contributed by atoms with Gasteiger partial charge in [-0.3, -0.25) is 4.79 Å². The molecule has 108 valence electrons. The van der Waals surface area contributed by atoms with Gasteiger partial charge in [0.15, 0.2) is 0 Å². The molecule has 1 aromatic carbocycles. The van der Waals surface area contributed by atoms with Gasteiger partial charge in [0.25, 0.3) is 0 Å². The van der Waals surface area contributed by atoms with Gasteiger partial charge in [-0.05, 0) is 44.5 Å². The van der Waals surface area contributed by atoms with E-state index in [-0.39, 0.29) is 11.4 Å². The Kier molecular flexibility index (Phi) is 5.66. The van der Waals surface area contributed by atoms with Crippen LogP contribution >= 0.6 is 0 Å². The van der Waals surface area contributed by atoms with Crippen LogP contribution in [-0.4, -0.2) is 18.0 Å². The first-order valence-corrected chi connectivity index (χ1v) is 6.51. The predicted octanol–water partition coefficient (Wildman–Crippen LogP) is 2.09. The van der Waals surface area contributed by atoms with Gasteiger partial charge in [-0.1, -0.05) is 0 Å². The number of amides is 1. The lowest BCUT2D eigenvalue weighted by atomic mass is 10.1. The highest BCUT2D eigenvalue weighted by atomic mass is 19.1. The van der Waals surface area contributed by atoms with Crippen LogP contribution in [0.3, 0.4) is 0 Å². The van der Waals surface area contributed by atoms with Crippen molar-refractivity contribution in [1.82, 2.24) is 10.6 Å². The summed E-state index contributed by atoms with van der Waals surface area (Å²) in [6.45, 7) is 6.70. The number of hydrogen-bond acceptors (Lipinski definition) is 3. The minimum absolute atomic E-state index is 0.0260. The first kappa shape index (κ1) is 16.1. The number of rotatable bonds is 5. The molecule has 0 saturated heterocycles. The zero-order chi connectivity index (χ0) is 15.2. The van der Waals surface area contributed by atoms with Gasteiger partial charge in [0.1, 0.15) is 5.82 Å². The maximum atomic E-state index is 13.2. The fourth-order valence-corrected chi connectivity index (χ4v) is 1.73. The average molecular weight is 277 g/mol. The van der Waals surface area contributed by atoms with Crippen molar-refractivity contribution in [2.24, 2.45) is 0 Å². The number of nitrogens with one attached hydrogen (secondary N) is 2. The highest BCUT2D eigenvalue weighted by Crippen LogP contribution is 2.08. The van der Waals surface area contributed by atoms with Crippen LogP contribution in [0.15, 0.2) is 18.2 Å². The summed E-state index contributed by atoms with van der Waals surface area (Å²) in [5.41, 5.74) is 0.756. The third-order valence-electron chi connectivity index (χ3n) is 2.46. The van der Waals surface area contributed by atoms with Crippen LogP contribution < -0.4 is 10.6 Å². The van der Waals surface area contributed by atoms with E-state index in [0.717, 1.165) is 0 Å². The largest absolute Gasteiger partial charge is 0.351 e. The van der Waals surface area contributed by atoms with Crippen molar-refractivity contribution in [2.45, 2.75) is 39.3 Å². The molecule has 1 rings (SSSR count). The summed E-state index contributed by atoms with van der Waals surface area (Å²) < 4.78 is 13.2. The smallest absolute Gasteiger partial charge is 0.221 e. The monoisotopic (exact) mass is 277 g/mol. The zero-order valence-corrected chi connectivity index (χ0v) is 12.1. The van der Waals surface area contributed by atoms with Gasteiger partial charge in [0.2, 0.25) is 5.91 Å². The summed E-state index contributed by atoms with van der Waals surface area (Å²) in [5.74, 6) is -0.451. The first-order valence-electron chi connectivity index (χ1n) is 6.51. The van der Waals surface area contributed by atoms with Crippen LogP contribution in [0, 0.1) is 17.1 Å². The van der Waals surface area contributed by atoms with Gasteiger partial charge in [0, 0.05) is 25.0 Å². The fraction of sp³-hybridized carbons (Fsp3) is 0.467. The van der Waals surface area contributed by atoms with E-state index in [0.29, 0.717) is 30.6 Å². The molecule has 0 saturated carbocycles. The number of hydrogen-bond donors (Lipinski definition) is 2. The molecule has 0 spiro atoms. The van der Waals surface area contributed by atoms with Gasteiger partial charge < -0.3 is 10.6 Å². The van der Waals surface area contributed by atoms with Gasteiger partial charge in [0.05, 0.1) is 11.6 Å². The van der Waals surface area contributed by atoms with Gasteiger partial charge in [-0.2, -0.15) is 5.26 Å². The molecule has 0 atom stereocenters. The molecular formula is C15H20FN3O. The number of benzene rings is 1. The third-order valence-corrected chi connectivity index (χ3v) is 2.46. The molecule has 0 aliphatic heterocycles. The number of nitriles is 1. The highest BCUT2D eigenvalue weighted by Gasteiger charge is 2.12. The van der Waals surface area contributed by atoms with Gasteiger partial charge in [-0.15, -0.1) is 0 Å². The molecule has 4 nitrogen and oxygen atoms in total. The van der Waals surface area contributed by atoms with Crippen molar-refractivity contribution in [1.29, 1.82) is 5.26 Å². The van der Waals surface area contributed by atoms with Gasteiger partial charge >= 0.3 is 0 Å². The number of carbonyl (C=O) groups excluding carboxylic acids is 1. The van der Waals surface area contributed by atoms with Crippen molar-refractivity contribution in [3.05, 3.63) is 35.1 Å². The molecule has 1 amide bonds. The molecule has 5 heteroatoms. The van der Waals surface area contributed by atoms with Crippen LogP contribution in [0.2, 0.25) is 0 Å². The lowest BCUT2D eigenvalue weighted by Crippen LogP contribution is -2.41. The minimum atomic E-state index is -0.425. The molecule has 0 aliphatic rings. The van der Waals surface area contributed by atoms with E-state index < -0.39 is 5.82 Å². The first-order chi connectivity index (χ1) is 9.30. The lowest BCUT2D eigenvalue weighted by molar-refractivity contribution is -0.122. The SMILES string of the molecule is CC(C)(C)NC(=O)CCNCc1cc(F)cc(C#N)c1. The minimum Gasteiger partial charge on any atom is -0.351 e. The van der Waals surface area contributed by atoms with Crippen LogP contribution in [0.1, 0.15) is 38.3 Å². The Morgan fingerprint density at radius 3 is 2.65 bits per heavy atom. The molecule has 20 heavy (non-hydrogen) atoms. The predicted molar refractivity (Wildman–Crippen MR) is 75.3 cm³/mol. The zero-order valence-electron chi connectivity index (χ0n) is 12.1. The molecule has 0 aliphatic carbocycles. The molecule has 1 aromatic rings. The maximum Gasteiger partial charge on any atom is 0.221 e. The van der Waals surface area contributed by atoms with Crippen LogP contribution in [0.25, 0.3) is 0 Å². The van der Waals surface area contributed by atoms with Crippen LogP contribution in [0.5, 0.6) is 0 Å². The van der Waals surface area contributed by atoms with Crippen molar-refractivity contribution in [3.8, 4) is 6.07 Å². The van der Waals surface area contributed by atoms with E-state index in [1.807, 2.05) is 26.8 Å². The molecule has 2 N–H and O–H groups in total. The van der Waals surface area contributed by atoms with E-state index in [9.17, 15) is 9.18 Å². The molecule has 0 bridgehead atoms. The summed E-state index contributed by atoms with van der Waals surface area (Å²) in [6.07, 6.45) is 0.359. The molecule has 0 heterocycles. The summed E-state index contributed by atoms with van der Waals surface area (Å²) >= 11 is 0. The van der Waals surface area contributed by atoms with Crippen molar-refractivity contribution < 1.29 is 9.18 Å². The normalized spacial score (nSPS) is 10.9. The Hall–Kier alpha value is -1.93. The summed E-state index contributed by atoms with van der Waals surface area (Å²) in [4.78, 5) is 11.6. The van der Waals surface area contributed by atoms with Crippen molar-refractivity contribution >= 4 is 5.91 Å². The Balaban J connectivity index is 2.37. The van der Waals surface area contributed by atoms with E-state index in [1.54, 1.807) is 6.07 Å². The summed E-state index contributed by atoms with van der Waals surface area (Å²) in [6, 6.07) is 6.11. The molecule has 0 aromatic heterocycles. The Morgan fingerprint density at radius 1 is 1.35 bits per heavy atom. The summed E-state index contributed by atoms with van der Waals surface area (Å²) in [7, 11) is 0. The molecule has 0 unspecified atom stereocenters. The van der Waals surface area contributed by atoms with Crippen LogP contribution in [0.4, 0.5) is 4.39 Å². The van der Waals surface area contributed by atoms with Crippen LogP contribution in [-0.2, 0) is 11.3 Å². The lowest BCUT2D eigenvalue weighted by Gasteiger charge is -2.20. The highest BCUT2D eigenvalue weighted by molar-refractivity contribution is 5.76. The molecule has 0 radical (unpaired) electrons. The van der Waals surface area contributed by atoms with Crippen molar-refractivity contribution in [3.63, 3.8) is 0 Å². The second kappa shape index (κ2) is 7.01. The van der Waals surface area contributed by atoms with E-state index in [4.69, 9.17) is 5.26 Å². The van der Waals surface area contributed by atoms with Crippen molar-refractivity contribution in [2.75, 3.05) is 6.54 Å². The second-order valence-electron chi connectivity index (χ2n) is 5.68. The maximum absolute atomic E-state index is 13.2. The van der Waals surface area contributed by atoms with E-state index in [2.05, 4.69) is 10.6 Å². The molecule has 0 fully saturated rings. The quantitative estimate of drug-likeness (QED) is 0.810. The molecular weight excluding hydrogens is 257 g/mol. The number of carbonyl (C=O) groups is 1. The fourth-order valence-electron chi connectivity index (χ4n) is 1.73. The number of nitrogens with zero attached hydrogens (tertiary/aromatic N) is 1.